The average molecular weight is 833 g/mol. The Kier molecular flexibility index (Phi) is 7.30. The second-order valence-electron chi connectivity index (χ2n) is 15.2. The van der Waals surface area contributed by atoms with Gasteiger partial charge in [0, 0.05) is 9.13 Å². The molecule has 12 aromatic carbocycles. The van der Waals surface area contributed by atoms with Gasteiger partial charge in [-0.25, -0.2) is 0 Å². The molecule has 0 heterocycles. The first kappa shape index (κ1) is 32.7. The largest absolute Gasteiger partial charge is 0.0622 e. The van der Waals surface area contributed by atoms with Crippen LogP contribution in [0.25, 0.3) is 120 Å². The molecule has 264 valence electrons. The van der Waals surface area contributed by atoms with E-state index in [0.29, 0.717) is 0 Å². The monoisotopic (exact) mass is 832 g/mol. The highest BCUT2D eigenvalue weighted by Crippen LogP contribution is 2.51. The molecule has 0 bridgehead atoms. The normalized spacial score (nSPS) is 11.9. The van der Waals surface area contributed by atoms with E-state index < -0.39 is 0 Å². The molecule has 0 atom stereocenters. The zero-order chi connectivity index (χ0) is 37.6. The Morgan fingerprint density at radius 2 is 0.579 bits per heavy atom. The molecule has 0 amide bonds. The minimum atomic E-state index is 1.23. The van der Waals surface area contributed by atoms with Crippen molar-refractivity contribution < 1.29 is 0 Å². The molecule has 12 rings (SSSR count). The maximum absolute atomic E-state index is 2.60. The van der Waals surface area contributed by atoms with Gasteiger partial charge in [0.2, 0.25) is 0 Å². The Morgan fingerprint density at radius 3 is 1.09 bits per heavy atom. The molecular formula is C56H33I. The molecule has 0 radical (unpaired) electrons. The van der Waals surface area contributed by atoms with E-state index >= 15 is 0 Å². The average Bonchev–Trinajstić information content (AvgIpc) is 3.28. The van der Waals surface area contributed by atoms with E-state index in [0.717, 1.165) is 0 Å². The lowest BCUT2D eigenvalue weighted by atomic mass is 9.80. The van der Waals surface area contributed by atoms with Crippen LogP contribution in [0.15, 0.2) is 200 Å². The summed E-state index contributed by atoms with van der Waals surface area (Å²) in [7, 11) is 0. The zero-order valence-electron chi connectivity index (χ0n) is 30.9. The predicted octanol–water partition coefficient (Wildman–Crippen LogP) is 16.5. The van der Waals surface area contributed by atoms with Crippen molar-refractivity contribution in [3.8, 4) is 33.4 Å². The van der Waals surface area contributed by atoms with Crippen molar-refractivity contribution in [2.45, 2.75) is 0 Å². The Balaban J connectivity index is 1.37. The number of halogens is 1. The van der Waals surface area contributed by atoms with Crippen LogP contribution in [0.1, 0.15) is 0 Å². The smallest absolute Gasteiger partial charge is 0.0293 e. The third-order valence-electron chi connectivity index (χ3n) is 12.2. The minimum Gasteiger partial charge on any atom is -0.0622 e. The highest BCUT2D eigenvalue weighted by Gasteiger charge is 2.23. The lowest BCUT2D eigenvalue weighted by Gasteiger charge is -2.23. The van der Waals surface area contributed by atoms with Crippen molar-refractivity contribution in [1.29, 1.82) is 0 Å². The molecule has 57 heavy (non-hydrogen) atoms. The molecular weight excluding hydrogens is 800 g/mol. The van der Waals surface area contributed by atoms with Crippen LogP contribution < -0.4 is 0 Å². The molecule has 0 saturated heterocycles. The molecule has 0 saturated carbocycles. The summed E-state index contributed by atoms with van der Waals surface area (Å²) in [4.78, 5) is 0. The molecule has 0 aromatic heterocycles. The van der Waals surface area contributed by atoms with Gasteiger partial charge < -0.3 is 0 Å². The van der Waals surface area contributed by atoms with E-state index in [-0.39, 0.29) is 0 Å². The van der Waals surface area contributed by atoms with Gasteiger partial charge in [-0.1, -0.05) is 176 Å². The Morgan fingerprint density at radius 1 is 0.228 bits per heavy atom. The third kappa shape index (κ3) is 4.85. The summed E-state index contributed by atoms with van der Waals surface area (Å²) in [5.41, 5.74) is 7.60. The molecule has 0 unspecified atom stereocenters. The number of fused-ring (bicyclic) bond motifs is 11. The summed E-state index contributed by atoms with van der Waals surface area (Å²) in [6.07, 6.45) is 0. The summed E-state index contributed by atoms with van der Waals surface area (Å²) in [5.74, 6) is 0. The Labute approximate surface area is 343 Å². The molecule has 0 N–H and O–H groups in total. The van der Waals surface area contributed by atoms with E-state index in [1.165, 1.54) is 123 Å². The van der Waals surface area contributed by atoms with E-state index in [1.54, 1.807) is 0 Å². The number of benzene rings is 12. The van der Waals surface area contributed by atoms with E-state index in [2.05, 4.69) is 223 Å². The van der Waals surface area contributed by atoms with Gasteiger partial charge in [0.1, 0.15) is 0 Å². The highest BCUT2D eigenvalue weighted by atomic mass is 127. The van der Waals surface area contributed by atoms with E-state index in [9.17, 15) is 0 Å². The standard InChI is InChI=1S/C56H33I/c57-56-46-29-15-12-26-43(46)47-32-51-52(33-50(47)53(56)34-16-2-1-3-17-34)55(49-31-36-19-5-7-21-38(36)40-23-9-11-25-42(40)49)45-28-14-13-27-44(45)54(51)48-30-35-18-4-6-20-37(35)39-22-8-10-24-41(39)48/h1-33H. The fourth-order valence-electron chi connectivity index (χ4n) is 9.80. The second-order valence-corrected chi connectivity index (χ2v) is 16.3. The molecule has 0 aliphatic carbocycles. The van der Waals surface area contributed by atoms with Gasteiger partial charge >= 0.3 is 0 Å². The lowest BCUT2D eigenvalue weighted by molar-refractivity contribution is 1.65. The summed E-state index contributed by atoms with van der Waals surface area (Å²) in [5, 5.41) is 20.3. The second kappa shape index (κ2) is 12.7. The van der Waals surface area contributed by atoms with Crippen LogP contribution in [-0.2, 0) is 0 Å². The molecule has 0 aliphatic heterocycles. The van der Waals surface area contributed by atoms with Crippen LogP contribution in [-0.4, -0.2) is 0 Å². The first-order valence-electron chi connectivity index (χ1n) is 19.6. The van der Waals surface area contributed by atoms with Gasteiger partial charge in [-0.3, -0.25) is 0 Å². The van der Waals surface area contributed by atoms with Gasteiger partial charge in [0.05, 0.1) is 0 Å². The molecule has 0 spiro atoms. The molecule has 0 aliphatic rings. The maximum atomic E-state index is 2.60. The van der Waals surface area contributed by atoms with Gasteiger partial charge in [-0.05, 0) is 161 Å². The van der Waals surface area contributed by atoms with Crippen LogP contribution in [0, 0.1) is 3.57 Å². The fourth-order valence-corrected chi connectivity index (χ4v) is 10.9. The van der Waals surface area contributed by atoms with Crippen LogP contribution in [0.4, 0.5) is 0 Å². The van der Waals surface area contributed by atoms with Crippen molar-refractivity contribution >= 4 is 109 Å². The Bertz CT molecular complexity index is 3630. The first-order valence-corrected chi connectivity index (χ1v) is 20.7. The number of hydrogen-bond acceptors (Lipinski definition) is 0. The van der Waals surface area contributed by atoms with Crippen LogP contribution >= 0.6 is 22.6 Å². The van der Waals surface area contributed by atoms with Crippen LogP contribution in [0.3, 0.4) is 0 Å². The Hall–Kier alpha value is -6.55. The van der Waals surface area contributed by atoms with E-state index in [4.69, 9.17) is 0 Å². The molecule has 0 fully saturated rings. The maximum Gasteiger partial charge on any atom is 0.0293 e. The number of hydrogen-bond donors (Lipinski definition) is 0. The van der Waals surface area contributed by atoms with Gasteiger partial charge in [-0.15, -0.1) is 0 Å². The third-order valence-corrected chi connectivity index (χ3v) is 13.4. The summed E-state index contributed by atoms with van der Waals surface area (Å²) in [6.45, 7) is 0. The topological polar surface area (TPSA) is 0 Å². The van der Waals surface area contributed by atoms with Crippen LogP contribution in [0.5, 0.6) is 0 Å². The van der Waals surface area contributed by atoms with Gasteiger partial charge in [0.25, 0.3) is 0 Å². The zero-order valence-corrected chi connectivity index (χ0v) is 33.1. The van der Waals surface area contributed by atoms with Crippen molar-refractivity contribution in [3.63, 3.8) is 0 Å². The highest BCUT2D eigenvalue weighted by molar-refractivity contribution is 14.1. The lowest BCUT2D eigenvalue weighted by Crippen LogP contribution is -1.95. The fraction of sp³-hybridized carbons (Fsp3) is 0. The first-order chi connectivity index (χ1) is 28.2. The van der Waals surface area contributed by atoms with Crippen LogP contribution in [0.2, 0.25) is 0 Å². The van der Waals surface area contributed by atoms with Crippen molar-refractivity contribution in [1.82, 2.24) is 0 Å². The van der Waals surface area contributed by atoms with Gasteiger partial charge in [-0.2, -0.15) is 0 Å². The molecule has 1 heteroatoms. The molecule has 0 nitrogen and oxygen atoms in total. The predicted molar refractivity (Wildman–Crippen MR) is 256 cm³/mol. The van der Waals surface area contributed by atoms with Crippen molar-refractivity contribution in [2.75, 3.05) is 0 Å². The quantitative estimate of drug-likeness (QED) is 0.0945. The minimum absolute atomic E-state index is 1.23. The summed E-state index contributed by atoms with van der Waals surface area (Å²) < 4.78 is 1.28. The number of rotatable bonds is 3. The van der Waals surface area contributed by atoms with E-state index in [1.807, 2.05) is 0 Å². The van der Waals surface area contributed by atoms with Crippen molar-refractivity contribution in [2.24, 2.45) is 0 Å². The summed E-state index contributed by atoms with van der Waals surface area (Å²) in [6, 6.07) is 74.7. The molecule has 12 aromatic rings. The summed E-state index contributed by atoms with van der Waals surface area (Å²) >= 11 is 2.60. The van der Waals surface area contributed by atoms with Crippen molar-refractivity contribution in [3.05, 3.63) is 204 Å². The van der Waals surface area contributed by atoms with Gasteiger partial charge in [0.15, 0.2) is 0 Å². The SMILES string of the molecule is Ic1c(-c2ccccc2)c2cc3c(-c4cc5ccccc5c5ccccc45)c4ccccc4c(-c4cc5ccccc5c5ccccc45)c3cc2c2ccccc12.